The molecule has 8 heteroatoms. The smallest absolute Gasteiger partial charge is 0.246 e. The lowest BCUT2D eigenvalue weighted by Gasteiger charge is -2.29. The maximum Gasteiger partial charge on any atom is 0.246 e. The van der Waals surface area contributed by atoms with Crippen LogP contribution in [0.4, 0.5) is 0 Å². The summed E-state index contributed by atoms with van der Waals surface area (Å²) in [6, 6.07) is 8.01. The van der Waals surface area contributed by atoms with Gasteiger partial charge in [0.15, 0.2) is 0 Å². The van der Waals surface area contributed by atoms with Gasteiger partial charge < -0.3 is 0 Å². The highest BCUT2D eigenvalue weighted by Crippen LogP contribution is 2.29. The minimum atomic E-state index is -3.51. The SMILES string of the molecule is Cc1nn(Cc2nc3ccccc3s2)c(C)c1S(=O)(=O)N1CCC(C)CC1. The zero-order valence-electron chi connectivity index (χ0n) is 15.8. The maximum absolute atomic E-state index is 13.2. The maximum atomic E-state index is 13.2. The van der Waals surface area contributed by atoms with Gasteiger partial charge in [-0.05, 0) is 44.7 Å². The van der Waals surface area contributed by atoms with E-state index in [1.54, 1.807) is 27.2 Å². The Morgan fingerprint density at radius 2 is 1.89 bits per heavy atom. The number of aryl methyl sites for hydroxylation is 1. The Morgan fingerprint density at radius 1 is 1.19 bits per heavy atom. The molecule has 1 aliphatic rings. The van der Waals surface area contributed by atoms with Gasteiger partial charge >= 0.3 is 0 Å². The zero-order chi connectivity index (χ0) is 19.2. The molecule has 0 atom stereocenters. The van der Waals surface area contributed by atoms with E-state index in [1.807, 2.05) is 31.2 Å². The van der Waals surface area contributed by atoms with Crippen LogP contribution in [0.5, 0.6) is 0 Å². The summed E-state index contributed by atoms with van der Waals surface area (Å²) in [5, 5.41) is 5.46. The van der Waals surface area contributed by atoms with Crippen molar-refractivity contribution in [1.29, 1.82) is 0 Å². The number of piperidine rings is 1. The summed E-state index contributed by atoms with van der Waals surface area (Å²) in [4.78, 5) is 5.01. The molecule has 6 nitrogen and oxygen atoms in total. The van der Waals surface area contributed by atoms with E-state index in [-0.39, 0.29) is 0 Å². The average molecular weight is 405 g/mol. The van der Waals surface area contributed by atoms with Crippen LogP contribution >= 0.6 is 11.3 Å². The first-order valence-corrected chi connectivity index (χ1v) is 11.5. The first-order chi connectivity index (χ1) is 12.9. The number of hydrogen-bond acceptors (Lipinski definition) is 5. The highest BCUT2D eigenvalue weighted by Gasteiger charge is 2.33. The van der Waals surface area contributed by atoms with E-state index in [9.17, 15) is 8.42 Å². The molecule has 1 fully saturated rings. The molecule has 3 heterocycles. The lowest BCUT2D eigenvalue weighted by atomic mass is 10.0. The van der Waals surface area contributed by atoms with Crippen molar-refractivity contribution in [2.45, 2.75) is 45.1 Å². The Labute approximate surface area is 163 Å². The molecule has 0 aliphatic carbocycles. The van der Waals surface area contributed by atoms with Crippen molar-refractivity contribution in [2.24, 2.45) is 5.92 Å². The van der Waals surface area contributed by atoms with Crippen LogP contribution in [-0.4, -0.2) is 40.6 Å². The average Bonchev–Trinajstić information content (AvgIpc) is 3.15. The highest BCUT2D eigenvalue weighted by molar-refractivity contribution is 7.89. The van der Waals surface area contributed by atoms with Gasteiger partial charge in [-0.25, -0.2) is 13.4 Å². The molecular formula is C19H24N4O2S2. The van der Waals surface area contributed by atoms with Crippen molar-refractivity contribution < 1.29 is 8.42 Å². The zero-order valence-corrected chi connectivity index (χ0v) is 17.5. The molecule has 1 aliphatic heterocycles. The molecule has 144 valence electrons. The second kappa shape index (κ2) is 7.00. The van der Waals surface area contributed by atoms with Crippen molar-refractivity contribution >= 4 is 31.6 Å². The van der Waals surface area contributed by atoms with E-state index < -0.39 is 10.0 Å². The summed E-state index contributed by atoms with van der Waals surface area (Å²) in [6.07, 6.45) is 1.83. The number of aromatic nitrogens is 3. The van der Waals surface area contributed by atoms with Gasteiger partial charge in [0.2, 0.25) is 10.0 Å². The lowest BCUT2D eigenvalue weighted by molar-refractivity contribution is 0.288. The molecule has 0 saturated carbocycles. The number of para-hydroxylation sites is 1. The fourth-order valence-electron chi connectivity index (χ4n) is 3.68. The standard InChI is InChI=1S/C19H24N4O2S2/c1-13-8-10-22(11-9-13)27(24,25)19-14(2)21-23(15(19)3)12-18-20-16-6-4-5-7-17(16)26-18/h4-7,13H,8-12H2,1-3H3. The van der Waals surface area contributed by atoms with Crippen molar-refractivity contribution in [1.82, 2.24) is 19.1 Å². The third-order valence-corrected chi connectivity index (χ3v) is 8.45. The Balaban J connectivity index is 1.65. The predicted molar refractivity (Wildman–Crippen MR) is 108 cm³/mol. The normalized spacial score (nSPS) is 17.0. The molecule has 0 unspecified atom stereocenters. The quantitative estimate of drug-likeness (QED) is 0.667. The van der Waals surface area contributed by atoms with Gasteiger partial charge in [-0.2, -0.15) is 9.40 Å². The van der Waals surface area contributed by atoms with Crippen LogP contribution in [0.2, 0.25) is 0 Å². The van der Waals surface area contributed by atoms with Gasteiger partial charge in [0.1, 0.15) is 9.90 Å². The molecule has 0 N–H and O–H groups in total. The van der Waals surface area contributed by atoms with Crippen LogP contribution in [0.15, 0.2) is 29.2 Å². The van der Waals surface area contributed by atoms with Crippen molar-refractivity contribution in [3.8, 4) is 0 Å². The molecule has 1 saturated heterocycles. The van der Waals surface area contributed by atoms with Crippen LogP contribution < -0.4 is 0 Å². The summed E-state index contributed by atoms with van der Waals surface area (Å²) in [5.41, 5.74) is 2.21. The number of fused-ring (bicyclic) bond motifs is 1. The monoisotopic (exact) mass is 404 g/mol. The molecule has 1 aromatic carbocycles. The number of thiazole rings is 1. The number of sulfonamides is 1. The predicted octanol–water partition coefficient (Wildman–Crippen LogP) is 3.58. The second-order valence-corrected chi connectivity index (χ2v) is 10.3. The van der Waals surface area contributed by atoms with Crippen LogP contribution in [0.1, 0.15) is 36.2 Å². The molecule has 4 rings (SSSR count). The van der Waals surface area contributed by atoms with Crippen LogP contribution in [0, 0.1) is 19.8 Å². The van der Waals surface area contributed by atoms with E-state index >= 15 is 0 Å². The third kappa shape index (κ3) is 3.41. The molecule has 27 heavy (non-hydrogen) atoms. The fraction of sp³-hybridized carbons (Fsp3) is 0.474. The van der Waals surface area contributed by atoms with Crippen molar-refractivity contribution in [3.05, 3.63) is 40.7 Å². The second-order valence-electron chi connectivity index (χ2n) is 7.32. The Hall–Kier alpha value is -1.77. The summed E-state index contributed by atoms with van der Waals surface area (Å²) in [6.45, 7) is 7.46. The Kier molecular flexibility index (Phi) is 4.82. The van der Waals surface area contributed by atoms with E-state index in [0.717, 1.165) is 28.1 Å². The van der Waals surface area contributed by atoms with Crippen molar-refractivity contribution in [3.63, 3.8) is 0 Å². The topological polar surface area (TPSA) is 68.1 Å². The van der Waals surface area contributed by atoms with Gasteiger partial charge in [-0.1, -0.05) is 19.1 Å². The molecule has 0 amide bonds. The number of rotatable bonds is 4. The number of hydrogen-bond donors (Lipinski definition) is 0. The van der Waals surface area contributed by atoms with E-state index in [0.29, 0.717) is 41.8 Å². The largest absolute Gasteiger partial charge is 0.261 e. The first-order valence-electron chi connectivity index (χ1n) is 9.25. The van der Waals surface area contributed by atoms with Crippen LogP contribution in [0.3, 0.4) is 0 Å². The van der Waals surface area contributed by atoms with Gasteiger partial charge in [0, 0.05) is 13.1 Å². The van der Waals surface area contributed by atoms with E-state index in [4.69, 9.17) is 0 Å². The molecule has 0 spiro atoms. The summed E-state index contributed by atoms with van der Waals surface area (Å²) in [7, 11) is -3.51. The lowest BCUT2D eigenvalue weighted by Crippen LogP contribution is -2.38. The summed E-state index contributed by atoms with van der Waals surface area (Å²) < 4.78 is 30.9. The Morgan fingerprint density at radius 3 is 2.59 bits per heavy atom. The van der Waals surface area contributed by atoms with Gasteiger partial charge in [0.25, 0.3) is 0 Å². The van der Waals surface area contributed by atoms with Gasteiger partial charge in [-0.15, -0.1) is 11.3 Å². The summed E-state index contributed by atoms with van der Waals surface area (Å²) in [5.74, 6) is 0.584. The van der Waals surface area contributed by atoms with Crippen molar-refractivity contribution in [2.75, 3.05) is 13.1 Å². The van der Waals surface area contributed by atoms with Gasteiger partial charge in [-0.3, -0.25) is 4.68 Å². The first kappa shape index (κ1) is 18.6. The van der Waals surface area contributed by atoms with E-state index in [2.05, 4.69) is 17.0 Å². The molecule has 2 aromatic heterocycles. The Bertz CT molecular complexity index is 1040. The fourth-order valence-corrected chi connectivity index (χ4v) is 6.47. The van der Waals surface area contributed by atoms with E-state index in [1.165, 1.54) is 0 Å². The minimum absolute atomic E-state index is 0.359. The van der Waals surface area contributed by atoms with Crippen LogP contribution in [-0.2, 0) is 16.6 Å². The highest BCUT2D eigenvalue weighted by atomic mass is 32.2. The molecule has 0 radical (unpaired) electrons. The number of benzene rings is 1. The molecule has 0 bridgehead atoms. The number of nitrogens with zero attached hydrogens (tertiary/aromatic N) is 4. The summed E-state index contributed by atoms with van der Waals surface area (Å²) >= 11 is 1.62. The third-order valence-electron chi connectivity index (χ3n) is 5.28. The molecular weight excluding hydrogens is 380 g/mol. The minimum Gasteiger partial charge on any atom is -0.261 e. The van der Waals surface area contributed by atoms with Gasteiger partial charge in [0.05, 0.1) is 28.1 Å². The van der Waals surface area contributed by atoms with Crippen LogP contribution in [0.25, 0.3) is 10.2 Å². The molecule has 3 aromatic rings.